The molecule has 1 aromatic carbocycles. The molecule has 7 heteroatoms. The number of carboxylic acid groups (broad SMARTS) is 1. The van der Waals surface area contributed by atoms with Gasteiger partial charge in [-0.05, 0) is 37.5 Å². The fraction of sp³-hybridized carbons (Fsp3) is 0.462. The number of hydrogen-bond acceptors (Lipinski definition) is 4. The van der Waals surface area contributed by atoms with Crippen LogP contribution in [0.1, 0.15) is 28.8 Å². The van der Waals surface area contributed by atoms with Crippen LogP contribution in [0.4, 0.5) is 5.69 Å². The minimum Gasteiger partial charge on any atom is -0.478 e. The lowest BCUT2D eigenvalue weighted by molar-refractivity contribution is 0.0696. The van der Waals surface area contributed by atoms with Crippen LogP contribution in [0, 0.1) is 6.92 Å². The molecule has 0 amide bonds. The molecule has 2 N–H and O–H groups in total. The molecule has 0 aliphatic carbocycles. The number of rotatable bonds is 5. The van der Waals surface area contributed by atoms with Crippen molar-refractivity contribution in [2.45, 2.75) is 25.9 Å². The minimum absolute atomic E-state index is 0.0855. The summed E-state index contributed by atoms with van der Waals surface area (Å²) in [4.78, 5) is 11.0. The van der Waals surface area contributed by atoms with E-state index >= 15 is 0 Å². The summed E-state index contributed by atoms with van der Waals surface area (Å²) in [5, 5.41) is 9.02. The number of benzene rings is 1. The standard InChI is InChI=1S/C13H17NO5S/c1-9-11(13(15)16)5-2-6-12(9)14-20(17,18)8-10-4-3-7-19-10/h2,5-6,10,14H,3-4,7-8H2,1H3,(H,15,16). The van der Waals surface area contributed by atoms with E-state index in [0.717, 1.165) is 12.8 Å². The van der Waals surface area contributed by atoms with Gasteiger partial charge in [0, 0.05) is 6.61 Å². The third-order valence-corrected chi connectivity index (χ3v) is 4.60. The topological polar surface area (TPSA) is 92.7 Å². The van der Waals surface area contributed by atoms with Crippen LogP contribution in [0.2, 0.25) is 0 Å². The summed E-state index contributed by atoms with van der Waals surface area (Å²) in [7, 11) is -3.55. The van der Waals surface area contributed by atoms with Crippen molar-refractivity contribution in [2.75, 3.05) is 17.1 Å². The Morgan fingerprint density at radius 2 is 2.25 bits per heavy atom. The molecule has 0 aromatic heterocycles. The second-order valence-electron chi connectivity index (χ2n) is 4.80. The Hall–Kier alpha value is -1.60. The first-order valence-corrected chi connectivity index (χ1v) is 7.99. The molecule has 20 heavy (non-hydrogen) atoms. The number of aromatic carboxylic acids is 1. The van der Waals surface area contributed by atoms with Gasteiger partial charge in [0.2, 0.25) is 10.0 Å². The third kappa shape index (κ3) is 3.49. The van der Waals surface area contributed by atoms with E-state index in [0.29, 0.717) is 17.9 Å². The zero-order chi connectivity index (χ0) is 14.8. The van der Waals surface area contributed by atoms with Crippen LogP contribution in [0.3, 0.4) is 0 Å². The monoisotopic (exact) mass is 299 g/mol. The maximum Gasteiger partial charge on any atom is 0.336 e. The van der Waals surface area contributed by atoms with Gasteiger partial charge in [0.05, 0.1) is 23.1 Å². The highest BCUT2D eigenvalue weighted by Crippen LogP contribution is 2.21. The zero-order valence-corrected chi connectivity index (χ0v) is 11.9. The van der Waals surface area contributed by atoms with Gasteiger partial charge in [-0.2, -0.15) is 0 Å². The van der Waals surface area contributed by atoms with Gasteiger partial charge in [0.25, 0.3) is 0 Å². The third-order valence-electron chi connectivity index (χ3n) is 3.26. The zero-order valence-electron chi connectivity index (χ0n) is 11.1. The Morgan fingerprint density at radius 1 is 1.50 bits per heavy atom. The number of carbonyl (C=O) groups is 1. The molecule has 0 spiro atoms. The maximum absolute atomic E-state index is 12.1. The molecule has 1 saturated heterocycles. The molecule has 110 valence electrons. The van der Waals surface area contributed by atoms with Gasteiger partial charge >= 0.3 is 5.97 Å². The number of anilines is 1. The number of nitrogens with one attached hydrogen (secondary N) is 1. The van der Waals surface area contributed by atoms with Crippen LogP contribution >= 0.6 is 0 Å². The van der Waals surface area contributed by atoms with Crippen LogP contribution < -0.4 is 4.72 Å². The number of carboxylic acids is 1. The maximum atomic E-state index is 12.1. The summed E-state index contributed by atoms with van der Waals surface area (Å²) in [6.07, 6.45) is 1.32. The van der Waals surface area contributed by atoms with Gasteiger partial charge in [-0.25, -0.2) is 13.2 Å². The summed E-state index contributed by atoms with van der Waals surface area (Å²) in [6, 6.07) is 4.50. The normalized spacial score (nSPS) is 18.9. The summed E-state index contributed by atoms with van der Waals surface area (Å²) in [5.74, 6) is -1.19. The molecule has 1 unspecified atom stereocenters. The Balaban J connectivity index is 2.16. The molecule has 1 heterocycles. The molecule has 0 bridgehead atoms. The number of sulfonamides is 1. The fourth-order valence-corrected chi connectivity index (χ4v) is 3.60. The molecular weight excluding hydrogens is 282 g/mol. The molecule has 1 aromatic rings. The summed E-state index contributed by atoms with van der Waals surface area (Å²) < 4.78 is 31.8. The highest BCUT2D eigenvalue weighted by Gasteiger charge is 2.24. The predicted molar refractivity (Wildman–Crippen MR) is 74.5 cm³/mol. The second-order valence-corrected chi connectivity index (χ2v) is 6.57. The van der Waals surface area contributed by atoms with Gasteiger partial charge in [-0.3, -0.25) is 4.72 Å². The molecule has 1 atom stereocenters. The molecule has 0 radical (unpaired) electrons. The molecule has 1 aliphatic heterocycles. The summed E-state index contributed by atoms with van der Waals surface area (Å²) in [5.41, 5.74) is 0.779. The Labute approximate surface area is 117 Å². The van der Waals surface area contributed by atoms with Crippen LogP contribution in [0.5, 0.6) is 0 Å². The molecule has 1 aliphatic rings. The lowest BCUT2D eigenvalue weighted by atomic mass is 10.1. The van der Waals surface area contributed by atoms with E-state index in [-0.39, 0.29) is 17.4 Å². The second kappa shape index (κ2) is 5.80. The first kappa shape index (κ1) is 14.8. The lowest BCUT2D eigenvalue weighted by Gasteiger charge is -2.14. The molecule has 0 saturated carbocycles. The fourth-order valence-electron chi connectivity index (χ4n) is 2.21. The van der Waals surface area contributed by atoms with Crippen LogP contribution in [-0.2, 0) is 14.8 Å². The first-order valence-electron chi connectivity index (χ1n) is 6.34. The summed E-state index contributed by atoms with van der Waals surface area (Å²) >= 11 is 0. The Kier molecular flexibility index (Phi) is 4.29. The van der Waals surface area contributed by atoms with Gasteiger partial charge in [0.1, 0.15) is 0 Å². The van der Waals surface area contributed by atoms with Gasteiger partial charge in [0.15, 0.2) is 0 Å². The van der Waals surface area contributed by atoms with Crippen molar-refractivity contribution in [3.05, 3.63) is 29.3 Å². The van der Waals surface area contributed by atoms with Crippen molar-refractivity contribution in [1.82, 2.24) is 0 Å². The first-order chi connectivity index (χ1) is 9.39. The van der Waals surface area contributed by atoms with Gasteiger partial charge in [-0.1, -0.05) is 6.07 Å². The lowest BCUT2D eigenvalue weighted by Crippen LogP contribution is -2.26. The SMILES string of the molecule is Cc1c(NS(=O)(=O)CC2CCCO2)cccc1C(=O)O. The van der Waals surface area contributed by atoms with Crippen molar-refractivity contribution in [1.29, 1.82) is 0 Å². The van der Waals surface area contributed by atoms with Crippen LogP contribution in [-0.4, -0.2) is 38.0 Å². The van der Waals surface area contributed by atoms with E-state index in [4.69, 9.17) is 9.84 Å². The van der Waals surface area contributed by atoms with E-state index in [9.17, 15) is 13.2 Å². The van der Waals surface area contributed by atoms with E-state index in [1.54, 1.807) is 13.0 Å². The van der Waals surface area contributed by atoms with Crippen molar-refractivity contribution in [3.63, 3.8) is 0 Å². The van der Waals surface area contributed by atoms with Gasteiger partial charge < -0.3 is 9.84 Å². The average molecular weight is 299 g/mol. The van der Waals surface area contributed by atoms with Crippen molar-refractivity contribution >= 4 is 21.7 Å². The Morgan fingerprint density at radius 3 is 2.85 bits per heavy atom. The average Bonchev–Trinajstić information content (AvgIpc) is 2.83. The largest absolute Gasteiger partial charge is 0.478 e. The minimum atomic E-state index is -3.55. The predicted octanol–water partition coefficient (Wildman–Crippen LogP) is 1.61. The molecule has 1 fully saturated rings. The van der Waals surface area contributed by atoms with Crippen molar-refractivity contribution in [2.24, 2.45) is 0 Å². The van der Waals surface area contributed by atoms with E-state index in [1.807, 2.05) is 0 Å². The number of hydrogen-bond donors (Lipinski definition) is 2. The molecule has 2 rings (SSSR count). The molecular formula is C13H17NO5S. The Bertz CT molecular complexity index is 605. The van der Waals surface area contributed by atoms with E-state index in [1.165, 1.54) is 12.1 Å². The number of ether oxygens (including phenoxy) is 1. The highest BCUT2D eigenvalue weighted by molar-refractivity contribution is 7.92. The van der Waals surface area contributed by atoms with Crippen molar-refractivity contribution < 1.29 is 23.1 Å². The highest BCUT2D eigenvalue weighted by atomic mass is 32.2. The molecule has 6 nitrogen and oxygen atoms in total. The van der Waals surface area contributed by atoms with Crippen LogP contribution in [0.25, 0.3) is 0 Å². The van der Waals surface area contributed by atoms with Crippen molar-refractivity contribution in [3.8, 4) is 0 Å². The van der Waals surface area contributed by atoms with Gasteiger partial charge in [-0.15, -0.1) is 0 Å². The quantitative estimate of drug-likeness (QED) is 0.861. The smallest absolute Gasteiger partial charge is 0.336 e. The van der Waals surface area contributed by atoms with E-state index in [2.05, 4.69) is 4.72 Å². The van der Waals surface area contributed by atoms with Crippen LogP contribution in [0.15, 0.2) is 18.2 Å². The summed E-state index contributed by atoms with van der Waals surface area (Å²) in [6.45, 7) is 2.17. The van der Waals surface area contributed by atoms with E-state index < -0.39 is 16.0 Å².